The standard InChI is InChI=1S/C12H26.C8H16/c1-6-8-11(5)12(9-7-2)10(3)4;1-7(2)8-5-3-4-6-8/h10-12H,6-9H2,1-5H3;7-8H,3-6H2,1-2H3. The highest BCUT2D eigenvalue weighted by Gasteiger charge is 2.18. The molecule has 2 unspecified atom stereocenters. The highest BCUT2D eigenvalue weighted by Crippen LogP contribution is 2.30. The van der Waals surface area contributed by atoms with Crippen LogP contribution in [0.1, 0.15) is 99.8 Å². The summed E-state index contributed by atoms with van der Waals surface area (Å²) in [5.74, 6) is 4.75. The molecule has 0 radical (unpaired) electrons. The summed E-state index contributed by atoms with van der Waals surface area (Å²) in [4.78, 5) is 0. The number of hydrogen-bond donors (Lipinski definition) is 0. The quantitative estimate of drug-likeness (QED) is 0.458. The summed E-state index contributed by atoms with van der Waals surface area (Å²) in [6, 6.07) is 0. The predicted octanol–water partition coefficient (Wildman–Crippen LogP) is 7.33. The van der Waals surface area contributed by atoms with Crippen molar-refractivity contribution in [3.63, 3.8) is 0 Å². The van der Waals surface area contributed by atoms with Crippen LogP contribution in [0, 0.1) is 29.6 Å². The van der Waals surface area contributed by atoms with Crippen LogP contribution in [-0.4, -0.2) is 0 Å². The summed E-state index contributed by atoms with van der Waals surface area (Å²) in [5, 5.41) is 0. The largest absolute Gasteiger partial charge is 0.0654 e. The molecule has 122 valence electrons. The second kappa shape index (κ2) is 11.6. The van der Waals surface area contributed by atoms with Gasteiger partial charge >= 0.3 is 0 Å². The van der Waals surface area contributed by atoms with E-state index >= 15 is 0 Å². The fraction of sp³-hybridized carbons (Fsp3) is 1.00. The summed E-state index contributed by atoms with van der Waals surface area (Å²) < 4.78 is 0. The zero-order valence-corrected chi connectivity index (χ0v) is 15.5. The lowest BCUT2D eigenvalue weighted by Gasteiger charge is -2.26. The van der Waals surface area contributed by atoms with E-state index < -0.39 is 0 Å². The van der Waals surface area contributed by atoms with Crippen molar-refractivity contribution in [1.29, 1.82) is 0 Å². The zero-order valence-electron chi connectivity index (χ0n) is 15.5. The Balaban J connectivity index is 0.000000388. The van der Waals surface area contributed by atoms with Crippen molar-refractivity contribution in [1.82, 2.24) is 0 Å². The Morgan fingerprint density at radius 1 is 0.800 bits per heavy atom. The Bertz CT molecular complexity index is 198. The van der Waals surface area contributed by atoms with E-state index in [2.05, 4.69) is 48.5 Å². The van der Waals surface area contributed by atoms with Gasteiger partial charge in [-0.1, -0.05) is 99.8 Å². The van der Waals surface area contributed by atoms with Gasteiger partial charge in [-0.2, -0.15) is 0 Å². The first kappa shape index (κ1) is 20.0. The average Bonchev–Trinajstić information content (AvgIpc) is 2.90. The zero-order chi connectivity index (χ0) is 15.5. The van der Waals surface area contributed by atoms with Crippen LogP contribution in [0.25, 0.3) is 0 Å². The van der Waals surface area contributed by atoms with Crippen molar-refractivity contribution in [3.05, 3.63) is 0 Å². The smallest absolute Gasteiger partial charge is 0.0365 e. The van der Waals surface area contributed by atoms with Gasteiger partial charge in [0.2, 0.25) is 0 Å². The van der Waals surface area contributed by atoms with Gasteiger partial charge in [-0.25, -0.2) is 0 Å². The van der Waals surface area contributed by atoms with Gasteiger partial charge in [0.1, 0.15) is 0 Å². The normalized spacial score (nSPS) is 19.1. The molecular formula is C20H42. The van der Waals surface area contributed by atoms with Crippen molar-refractivity contribution in [2.75, 3.05) is 0 Å². The molecule has 2 atom stereocenters. The molecule has 0 bridgehead atoms. The van der Waals surface area contributed by atoms with Crippen molar-refractivity contribution >= 4 is 0 Å². The predicted molar refractivity (Wildman–Crippen MR) is 94.1 cm³/mol. The lowest BCUT2D eigenvalue weighted by molar-refractivity contribution is 0.238. The van der Waals surface area contributed by atoms with Crippen molar-refractivity contribution < 1.29 is 0 Å². The van der Waals surface area contributed by atoms with E-state index in [1.165, 1.54) is 51.4 Å². The first-order valence-electron chi connectivity index (χ1n) is 9.43. The summed E-state index contributed by atoms with van der Waals surface area (Å²) in [5.41, 5.74) is 0. The lowest BCUT2D eigenvalue weighted by Crippen LogP contribution is -2.17. The second-order valence-electron chi connectivity index (χ2n) is 7.75. The molecule has 0 N–H and O–H groups in total. The Labute approximate surface area is 130 Å². The second-order valence-corrected chi connectivity index (χ2v) is 7.75. The van der Waals surface area contributed by atoms with Crippen molar-refractivity contribution in [2.24, 2.45) is 29.6 Å². The van der Waals surface area contributed by atoms with E-state index in [0.29, 0.717) is 0 Å². The molecule has 0 aromatic heterocycles. The monoisotopic (exact) mass is 282 g/mol. The van der Waals surface area contributed by atoms with Crippen LogP contribution in [0.15, 0.2) is 0 Å². The van der Waals surface area contributed by atoms with Crippen LogP contribution in [-0.2, 0) is 0 Å². The molecular weight excluding hydrogens is 240 g/mol. The van der Waals surface area contributed by atoms with E-state index in [1.54, 1.807) is 0 Å². The molecule has 0 heterocycles. The lowest BCUT2D eigenvalue weighted by atomic mass is 9.79. The van der Waals surface area contributed by atoms with Crippen LogP contribution in [0.2, 0.25) is 0 Å². The van der Waals surface area contributed by atoms with Crippen LogP contribution in [0.4, 0.5) is 0 Å². The Kier molecular flexibility index (Phi) is 11.6. The van der Waals surface area contributed by atoms with E-state index in [0.717, 1.165) is 29.6 Å². The minimum absolute atomic E-state index is 0.867. The molecule has 1 fully saturated rings. The molecule has 1 aliphatic carbocycles. The van der Waals surface area contributed by atoms with Gasteiger partial charge in [-0.15, -0.1) is 0 Å². The highest BCUT2D eigenvalue weighted by atomic mass is 14.2. The molecule has 0 amide bonds. The molecule has 20 heavy (non-hydrogen) atoms. The van der Waals surface area contributed by atoms with Gasteiger partial charge in [-0.3, -0.25) is 0 Å². The Hall–Kier alpha value is 0. The van der Waals surface area contributed by atoms with Gasteiger partial charge in [-0.05, 0) is 29.6 Å². The molecule has 0 nitrogen and oxygen atoms in total. The average molecular weight is 283 g/mol. The molecule has 1 saturated carbocycles. The van der Waals surface area contributed by atoms with Crippen LogP contribution in [0.5, 0.6) is 0 Å². The van der Waals surface area contributed by atoms with E-state index in [9.17, 15) is 0 Å². The van der Waals surface area contributed by atoms with Crippen LogP contribution < -0.4 is 0 Å². The molecule has 0 aromatic carbocycles. The van der Waals surface area contributed by atoms with E-state index in [-0.39, 0.29) is 0 Å². The summed E-state index contributed by atoms with van der Waals surface area (Å²) in [7, 11) is 0. The first-order chi connectivity index (χ1) is 9.43. The maximum absolute atomic E-state index is 2.42. The molecule has 1 rings (SSSR count). The number of hydrogen-bond acceptors (Lipinski definition) is 0. The fourth-order valence-electron chi connectivity index (χ4n) is 3.90. The van der Waals surface area contributed by atoms with Gasteiger partial charge in [0, 0.05) is 0 Å². The van der Waals surface area contributed by atoms with Gasteiger partial charge in [0.25, 0.3) is 0 Å². The summed E-state index contributed by atoms with van der Waals surface area (Å²) in [6.45, 7) is 16.4. The Morgan fingerprint density at radius 3 is 1.60 bits per heavy atom. The van der Waals surface area contributed by atoms with Crippen molar-refractivity contribution in [3.8, 4) is 0 Å². The van der Waals surface area contributed by atoms with Crippen molar-refractivity contribution in [2.45, 2.75) is 99.8 Å². The molecule has 0 spiro atoms. The third-order valence-electron chi connectivity index (χ3n) is 5.30. The third-order valence-corrected chi connectivity index (χ3v) is 5.30. The fourth-order valence-corrected chi connectivity index (χ4v) is 3.90. The highest BCUT2D eigenvalue weighted by molar-refractivity contribution is 4.69. The summed E-state index contributed by atoms with van der Waals surface area (Å²) in [6.07, 6.45) is 11.5. The topological polar surface area (TPSA) is 0 Å². The molecule has 0 heteroatoms. The SMILES string of the molecule is CC(C)C1CCCC1.CCCC(C)C(CCC)C(C)C. The third kappa shape index (κ3) is 8.32. The maximum atomic E-state index is 2.42. The number of rotatable bonds is 7. The van der Waals surface area contributed by atoms with E-state index in [1.807, 2.05) is 0 Å². The van der Waals surface area contributed by atoms with Crippen LogP contribution in [0.3, 0.4) is 0 Å². The van der Waals surface area contributed by atoms with E-state index in [4.69, 9.17) is 0 Å². The molecule has 1 aliphatic rings. The first-order valence-corrected chi connectivity index (χ1v) is 9.43. The Morgan fingerprint density at radius 2 is 1.30 bits per heavy atom. The molecule has 0 aromatic rings. The minimum Gasteiger partial charge on any atom is -0.0654 e. The minimum atomic E-state index is 0.867. The maximum Gasteiger partial charge on any atom is -0.0365 e. The molecule has 0 aliphatic heterocycles. The summed E-state index contributed by atoms with van der Waals surface area (Å²) >= 11 is 0. The van der Waals surface area contributed by atoms with Gasteiger partial charge in [0.05, 0.1) is 0 Å². The van der Waals surface area contributed by atoms with Gasteiger partial charge in [0.15, 0.2) is 0 Å². The van der Waals surface area contributed by atoms with Crippen LogP contribution >= 0.6 is 0 Å². The molecule has 0 saturated heterocycles. The van der Waals surface area contributed by atoms with Gasteiger partial charge < -0.3 is 0 Å².